The van der Waals surface area contributed by atoms with Crippen LogP contribution < -0.4 is 0 Å². The van der Waals surface area contributed by atoms with Crippen LogP contribution in [0, 0.1) is 5.41 Å². The number of carbonyl (C=O) groups is 1. The molecule has 0 heterocycles. The number of ketones is 1. The Balaban J connectivity index is 2.58. The lowest BCUT2D eigenvalue weighted by Crippen LogP contribution is -2.05. The van der Waals surface area contributed by atoms with Crippen LogP contribution in [0.2, 0.25) is 0 Å². The molecule has 0 unspecified atom stereocenters. The van der Waals surface area contributed by atoms with Crippen LogP contribution in [-0.4, -0.2) is 5.78 Å². The Kier molecular flexibility index (Phi) is 3.68. The van der Waals surface area contributed by atoms with Gasteiger partial charge in [0, 0.05) is 0 Å². The number of hydrogen-bond acceptors (Lipinski definition) is 1. The van der Waals surface area contributed by atoms with Gasteiger partial charge in [-0.3, -0.25) is 4.79 Å². The quantitative estimate of drug-likeness (QED) is 0.610. The highest BCUT2D eigenvalue weighted by molar-refractivity contribution is 6.03. The summed E-state index contributed by atoms with van der Waals surface area (Å²) in [5.74, 6) is 0.208. The van der Waals surface area contributed by atoms with E-state index in [1.165, 1.54) is 12.8 Å². The third-order valence-corrected chi connectivity index (χ3v) is 2.34. The highest BCUT2D eigenvalue weighted by Crippen LogP contribution is 2.20. The summed E-state index contributed by atoms with van der Waals surface area (Å²) in [6.45, 7) is 6.31. The average molecular weight is 192 g/mol. The first kappa shape index (κ1) is 11.2. The molecule has 1 heteroatoms. The summed E-state index contributed by atoms with van der Waals surface area (Å²) >= 11 is 0. The number of carbonyl (C=O) groups excluding carboxylic acids is 1. The van der Waals surface area contributed by atoms with Crippen molar-refractivity contribution in [3.05, 3.63) is 23.8 Å². The van der Waals surface area contributed by atoms with Gasteiger partial charge in [0.1, 0.15) is 0 Å². The zero-order valence-corrected chi connectivity index (χ0v) is 9.47. The second-order valence-electron chi connectivity index (χ2n) is 5.04. The van der Waals surface area contributed by atoms with Crippen molar-refractivity contribution in [3.8, 4) is 0 Å². The molecule has 0 atom stereocenters. The molecule has 1 aliphatic rings. The van der Waals surface area contributed by atoms with E-state index in [0.717, 1.165) is 18.4 Å². The van der Waals surface area contributed by atoms with Crippen molar-refractivity contribution >= 4 is 5.78 Å². The Labute approximate surface area is 86.9 Å². The lowest BCUT2D eigenvalue weighted by atomic mass is 9.92. The third-order valence-electron chi connectivity index (χ3n) is 2.34. The summed E-state index contributed by atoms with van der Waals surface area (Å²) in [5.41, 5.74) is 1.11. The number of allylic oxidation sites excluding steroid dienone is 4. The molecule has 0 N–H and O–H groups in total. The Bertz CT molecular complexity index is 263. The zero-order chi connectivity index (χ0) is 10.6. The van der Waals surface area contributed by atoms with Gasteiger partial charge < -0.3 is 0 Å². The molecular weight excluding hydrogens is 172 g/mol. The topological polar surface area (TPSA) is 17.1 Å². The fraction of sp³-hybridized carbons (Fsp3) is 0.615. The van der Waals surface area contributed by atoms with E-state index in [4.69, 9.17) is 0 Å². The third kappa shape index (κ3) is 3.91. The fourth-order valence-electron chi connectivity index (χ4n) is 1.49. The van der Waals surface area contributed by atoms with Crippen molar-refractivity contribution in [3.63, 3.8) is 0 Å². The zero-order valence-electron chi connectivity index (χ0n) is 9.47. The second kappa shape index (κ2) is 4.59. The molecule has 0 fully saturated rings. The summed E-state index contributed by atoms with van der Waals surface area (Å²) in [7, 11) is 0. The summed E-state index contributed by atoms with van der Waals surface area (Å²) in [6, 6.07) is 0. The van der Waals surface area contributed by atoms with Crippen LogP contribution in [0.4, 0.5) is 0 Å². The van der Waals surface area contributed by atoms with Crippen molar-refractivity contribution in [2.45, 2.75) is 46.5 Å². The fourth-order valence-corrected chi connectivity index (χ4v) is 1.49. The lowest BCUT2D eigenvalue weighted by molar-refractivity contribution is -0.111. The Hall–Kier alpha value is -0.850. The molecule has 1 rings (SSSR count). The van der Waals surface area contributed by atoms with Crippen LogP contribution in [0.5, 0.6) is 0 Å². The highest BCUT2D eigenvalue weighted by atomic mass is 16.1. The largest absolute Gasteiger partial charge is 0.290 e. The van der Waals surface area contributed by atoms with Crippen molar-refractivity contribution < 1.29 is 4.79 Å². The maximum absolute atomic E-state index is 11.7. The summed E-state index contributed by atoms with van der Waals surface area (Å²) in [6.07, 6.45) is 10.3. The van der Waals surface area contributed by atoms with Crippen LogP contribution in [0.1, 0.15) is 46.5 Å². The first-order valence-electron chi connectivity index (χ1n) is 5.42. The van der Waals surface area contributed by atoms with E-state index in [1.807, 2.05) is 6.08 Å². The van der Waals surface area contributed by atoms with Crippen molar-refractivity contribution in [1.29, 1.82) is 0 Å². The van der Waals surface area contributed by atoms with Gasteiger partial charge in [-0.1, -0.05) is 32.9 Å². The maximum Gasteiger partial charge on any atom is 0.181 e. The van der Waals surface area contributed by atoms with Crippen LogP contribution >= 0.6 is 0 Å². The molecule has 0 radical (unpaired) electrons. The number of rotatable bonds is 2. The van der Waals surface area contributed by atoms with Crippen molar-refractivity contribution in [1.82, 2.24) is 0 Å². The van der Waals surface area contributed by atoms with Crippen LogP contribution in [-0.2, 0) is 4.79 Å². The normalized spacial score (nSPS) is 18.4. The van der Waals surface area contributed by atoms with Crippen LogP contribution in [0.15, 0.2) is 23.8 Å². The van der Waals surface area contributed by atoms with Gasteiger partial charge in [-0.25, -0.2) is 0 Å². The molecule has 1 aliphatic carbocycles. The monoisotopic (exact) mass is 192 g/mol. The van der Waals surface area contributed by atoms with Gasteiger partial charge in [0.2, 0.25) is 0 Å². The van der Waals surface area contributed by atoms with E-state index < -0.39 is 0 Å². The molecule has 0 saturated carbocycles. The second-order valence-corrected chi connectivity index (χ2v) is 5.04. The molecule has 1 nitrogen and oxygen atoms in total. The molecule has 0 aliphatic heterocycles. The van der Waals surface area contributed by atoms with E-state index in [1.54, 1.807) is 6.08 Å². The first-order chi connectivity index (χ1) is 6.49. The molecule has 14 heavy (non-hydrogen) atoms. The lowest BCUT2D eigenvalue weighted by Gasteiger charge is -2.12. The predicted molar refractivity (Wildman–Crippen MR) is 60.2 cm³/mol. The summed E-state index contributed by atoms with van der Waals surface area (Å²) in [5, 5.41) is 0. The standard InChI is InChI=1S/C13H20O/c1-13(2,3)10-9-12(14)11-7-5-4-6-8-11/h7,9-10H,4-6,8H2,1-3H3/b10-9+. The average Bonchev–Trinajstić information content (AvgIpc) is 2.14. The van der Waals surface area contributed by atoms with Crippen LogP contribution in [0.3, 0.4) is 0 Å². The van der Waals surface area contributed by atoms with Gasteiger partial charge in [0.05, 0.1) is 0 Å². The molecular formula is C13H20O. The Morgan fingerprint density at radius 2 is 2.07 bits per heavy atom. The number of hydrogen-bond donors (Lipinski definition) is 0. The van der Waals surface area contributed by atoms with E-state index in [9.17, 15) is 4.79 Å². The highest BCUT2D eigenvalue weighted by Gasteiger charge is 2.11. The minimum atomic E-state index is 0.102. The van der Waals surface area contributed by atoms with Gasteiger partial charge in [-0.05, 0) is 42.7 Å². The Morgan fingerprint density at radius 1 is 1.36 bits per heavy atom. The Morgan fingerprint density at radius 3 is 2.57 bits per heavy atom. The molecule has 0 aromatic heterocycles. The van der Waals surface area contributed by atoms with Crippen LogP contribution in [0.25, 0.3) is 0 Å². The summed E-state index contributed by atoms with van der Waals surface area (Å²) < 4.78 is 0. The molecule has 0 aromatic rings. The molecule has 0 aromatic carbocycles. The minimum absolute atomic E-state index is 0.102. The molecule has 0 bridgehead atoms. The smallest absolute Gasteiger partial charge is 0.181 e. The van der Waals surface area contributed by atoms with Gasteiger partial charge in [-0.2, -0.15) is 0 Å². The SMILES string of the molecule is CC(C)(C)/C=C/C(=O)C1=CCCCC1. The van der Waals surface area contributed by atoms with Gasteiger partial charge in [0.25, 0.3) is 0 Å². The van der Waals surface area contributed by atoms with Gasteiger partial charge in [0.15, 0.2) is 5.78 Å². The molecule has 0 amide bonds. The summed E-state index contributed by atoms with van der Waals surface area (Å²) in [4.78, 5) is 11.7. The van der Waals surface area contributed by atoms with E-state index in [0.29, 0.717) is 0 Å². The first-order valence-corrected chi connectivity index (χ1v) is 5.42. The minimum Gasteiger partial charge on any atom is -0.290 e. The van der Waals surface area contributed by atoms with E-state index in [-0.39, 0.29) is 11.2 Å². The molecule has 0 spiro atoms. The van der Waals surface area contributed by atoms with Gasteiger partial charge in [-0.15, -0.1) is 0 Å². The van der Waals surface area contributed by atoms with Gasteiger partial charge >= 0.3 is 0 Å². The van der Waals surface area contributed by atoms with E-state index >= 15 is 0 Å². The maximum atomic E-state index is 11.7. The molecule has 0 saturated heterocycles. The van der Waals surface area contributed by atoms with Crippen molar-refractivity contribution in [2.24, 2.45) is 5.41 Å². The van der Waals surface area contributed by atoms with E-state index in [2.05, 4.69) is 26.8 Å². The van der Waals surface area contributed by atoms with Crippen molar-refractivity contribution in [2.75, 3.05) is 0 Å². The molecule has 78 valence electrons. The predicted octanol–water partition coefficient (Wildman–Crippen LogP) is 3.66.